The first-order valence-electron chi connectivity index (χ1n) is 6.89. The molecule has 0 aromatic carbocycles. The van der Waals surface area contributed by atoms with Gasteiger partial charge in [0.25, 0.3) is 0 Å². The Hall–Kier alpha value is -1.23. The molecule has 1 fully saturated rings. The Morgan fingerprint density at radius 2 is 2.17 bits per heavy atom. The average molecular weight is 252 g/mol. The summed E-state index contributed by atoms with van der Waals surface area (Å²) < 4.78 is 1.79. The van der Waals surface area contributed by atoms with Gasteiger partial charge >= 0.3 is 0 Å². The first-order valence-corrected chi connectivity index (χ1v) is 6.89. The van der Waals surface area contributed by atoms with Gasteiger partial charge in [0.1, 0.15) is 5.82 Å². The number of hydrogen-bond donors (Lipinski definition) is 3. The first-order chi connectivity index (χ1) is 8.63. The Kier molecular flexibility index (Phi) is 4.11. The Morgan fingerprint density at radius 1 is 1.44 bits per heavy atom. The normalized spacial score (nSPS) is 24.2. The molecule has 0 aliphatic heterocycles. The highest BCUT2D eigenvalue weighted by molar-refractivity contribution is 5.65. The van der Waals surface area contributed by atoms with Crippen LogP contribution in [0.2, 0.25) is 0 Å². The predicted molar refractivity (Wildman–Crippen MR) is 73.5 cm³/mol. The summed E-state index contributed by atoms with van der Waals surface area (Å²) >= 11 is 0. The second kappa shape index (κ2) is 5.61. The topological polar surface area (TPSA) is 76.1 Å². The summed E-state index contributed by atoms with van der Waals surface area (Å²) in [6, 6.07) is 0.103. The zero-order valence-electron chi connectivity index (χ0n) is 11.3. The fourth-order valence-corrected chi connectivity index (χ4v) is 2.64. The molecule has 0 bridgehead atoms. The van der Waals surface area contributed by atoms with Crippen molar-refractivity contribution in [2.75, 3.05) is 11.1 Å². The fraction of sp³-hybridized carbons (Fsp3) is 0.769. The van der Waals surface area contributed by atoms with Crippen LogP contribution in [0.4, 0.5) is 11.5 Å². The molecular formula is C13H24N4O. The number of nitrogens with two attached hydrogens (primary N) is 1. The maximum Gasteiger partial charge on any atom is 0.148 e. The number of aryl methyl sites for hydroxylation is 2. The molecule has 1 aliphatic rings. The molecule has 4 N–H and O–H groups in total. The van der Waals surface area contributed by atoms with Gasteiger partial charge in [-0.25, -0.2) is 0 Å². The number of anilines is 2. The molecule has 2 rings (SSSR count). The number of nitrogen functional groups attached to an aromatic ring is 1. The van der Waals surface area contributed by atoms with E-state index in [2.05, 4.69) is 17.3 Å². The lowest BCUT2D eigenvalue weighted by atomic mass is 9.92. The fourth-order valence-electron chi connectivity index (χ4n) is 2.64. The molecule has 0 amide bonds. The van der Waals surface area contributed by atoms with E-state index in [1.807, 2.05) is 7.05 Å². The third kappa shape index (κ3) is 2.61. The molecule has 18 heavy (non-hydrogen) atoms. The van der Waals surface area contributed by atoms with Crippen LogP contribution in [0.3, 0.4) is 0 Å². The van der Waals surface area contributed by atoms with Crippen LogP contribution in [-0.4, -0.2) is 27.0 Å². The Bertz CT molecular complexity index is 402. The highest BCUT2D eigenvalue weighted by Crippen LogP contribution is 2.27. The molecule has 1 aromatic rings. The van der Waals surface area contributed by atoms with Crippen LogP contribution in [0, 0.1) is 0 Å². The Labute approximate surface area is 108 Å². The van der Waals surface area contributed by atoms with E-state index in [4.69, 9.17) is 5.73 Å². The van der Waals surface area contributed by atoms with Crippen molar-refractivity contribution in [2.45, 2.75) is 57.6 Å². The molecule has 0 saturated heterocycles. The Morgan fingerprint density at radius 3 is 2.83 bits per heavy atom. The van der Waals surface area contributed by atoms with Gasteiger partial charge in [0.05, 0.1) is 23.5 Å². The lowest BCUT2D eigenvalue weighted by molar-refractivity contribution is 0.116. The average Bonchev–Trinajstić information content (AvgIpc) is 2.60. The Balaban J connectivity index is 2.12. The van der Waals surface area contributed by atoms with Gasteiger partial charge in [-0.1, -0.05) is 26.2 Å². The second-order valence-electron chi connectivity index (χ2n) is 5.19. The quantitative estimate of drug-likeness (QED) is 0.762. The summed E-state index contributed by atoms with van der Waals surface area (Å²) in [5.41, 5.74) is 7.81. The molecule has 5 nitrogen and oxygen atoms in total. The van der Waals surface area contributed by atoms with E-state index in [0.717, 1.165) is 55.7 Å². The summed E-state index contributed by atoms with van der Waals surface area (Å²) in [4.78, 5) is 0. The van der Waals surface area contributed by atoms with Crippen LogP contribution < -0.4 is 11.1 Å². The van der Waals surface area contributed by atoms with Crippen LogP contribution >= 0.6 is 0 Å². The highest BCUT2D eigenvalue weighted by Gasteiger charge is 2.25. The van der Waals surface area contributed by atoms with E-state index < -0.39 is 0 Å². The number of rotatable bonds is 4. The SMILES string of the molecule is CCCc1nn(C)c(NC2CCCCC2O)c1N. The molecule has 1 aromatic heterocycles. The number of aliphatic hydroxyl groups excluding tert-OH is 1. The summed E-state index contributed by atoms with van der Waals surface area (Å²) in [6.07, 6.45) is 5.80. The molecule has 1 saturated carbocycles. The third-order valence-electron chi connectivity index (χ3n) is 3.70. The zero-order chi connectivity index (χ0) is 13.1. The summed E-state index contributed by atoms with van der Waals surface area (Å²) in [6.45, 7) is 2.12. The minimum absolute atomic E-state index is 0.103. The molecule has 0 radical (unpaired) electrons. The van der Waals surface area contributed by atoms with E-state index in [9.17, 15) is 5.11 Å². The van der Waals surface area contributed by atoms with Gasteiger partial charge in [-0.05, 0) is 19.3 Å². The van der Waals surface area contributed by atoms with Crippen LogP contribution in [-0.2, 0) is 13.5 Å². The van der Waals surface area contributed by atoms with Crippen LogP contribution in [0.15, 0.2) is 0 Å². The maximum atomic E-state index is 9.99. The molecule has 2 unspecified atom stereocenters. The number of aliphatic hydroxyl groups is 1. The molecule has 1 aliphatic carbocycles. The highest BCUT2D eigenvalue weighted by atomic mass is 16.3. The predicted octanol–water partition coefficient (Wildman–Crippen LogP) is 1.67. The van der Waals surface area contributed by atoms with Crippen molar-refractivity contribution in [3.63, 3.8) is 0 Å². The van der Waals surface area contributed by atoms with Crippen LogP contribution in [0.25, 0.3) is 0 Å². The summed E-state index contributed by atoms with van der Waals surface area (Å²) in [5.74, 6) is 0.851. The first kappa shape index (κ1) is 13.2. The largest absolute Gasteiger partial charge is 0.394 e. The second-order valence-corrected chi connectivity index (χ2v) is 5.19. The summed E-state index contributed by atoms with van der Waals surface area (Å²) in [7, 11) is 1.90. The number of aromatic nitrogens is 2. The van der Waals surface area contributed by atoms with Crippen molar-refractivity contribution in [3.8, 4) is 0 Å². The van der Waals surface area contributed by atoms with Crippen LogP contribution in [0.1, 0.15) is 44.7 Å². The van der Waals surface area contributed by atoms with E-state index >= 15 is 0 Å². The van der Waals surface area contributed by atoms with Gasteiger partial charge in [-0.2, -0.15) is 5.10 Å². The smallest absolute Gasteiger partial charge is 0.148 e. The van der Waals surface area contributed by atoms with Crippen molar-refractivity contribution < 1.29 is 5.11 Å². The third-order valence-corrected chi connectivity index (χ3v) is 3.70. The van der Waals surface area contributed by atoms with Crippen molar-refractivity contribution in [1.82, 2.24) is 9.78 Å². The molecule has 102 valence electrons. The molecule has 2 atom stereocenters. The molecule has 0 spiro atoms. The van der Waals surface area contributed by atoms with Crippen molar-refractivity contribution >= 4 is 11.5 Å². The van der Waals surface area contributed by atoms with E-state index in [1.165, 1.54) is 0 Å². The van der Waals surface area contributed by atoms with E-state index in [-0.39, 0.29) is 12.1 Å². The number of nitrogens with zero attached hydrogens (tertiary/aromatic N) is 2. The minimum Gasteiger partial charge on any atom is -0.394 e. The van der Waals surface area contributed by atoms with Crippen molar-refractivity contribution in [2.24, 2.45) is 7.05 Å². The molecular weight excluding hydrogens is 228 g/mol. The summed E-state index contributed by atoms with van der Waals surface area (Å²) in [5, 5.41) is 17.8. The molecule has 1 heterocycles. The van der Waals surface area contributed by atoms with Gasteiger partial charge in [-0.15, -0.1) is 0 Å². The van der Waals surface area contributed by atoms with E-state index in [0.29, 0.717) is 0 Å². The number of nitrogens with one attached hydrogen (secondary N) is 1. The standard InChI is InChI=1S/C13H24N4O/c1-3-6-10-12(14)13(17(2)16-10)15-9-7-4-5-8-11(9)18/h9,11,15,18H,3-8,14H2,1-2H3. The van der Waals surface area contributed by atoms with E-state index in [1.54, 1.807) is 4.68 Å². The van der Waals surface area contributed by atoms with Gasteiger partial charge in [0.15, 0.2) is 0 Å². The van der Waals surface area contributed by atoms with Gasteiger partial charge in [0.2, 0.25) is 0 Å². The lowest BCUT2D eigenvalue weighted by Crippen LogP contribution is -2.37. The zero-order valence-corrected chi connectivity index (χ0v) is 11.3. The van der Waals surface area contributed by atoms with Crippen molar-refractivity contribution in [3.05, 3.63) is 5.69 Å². The lowest BCUT2D eigenvalue weighted by Gasteiger charge is -2.29. The minimum atomic E-state index is -0.275. The van der Waals surface area contributed by atoms with Crippen molar-refractivity contribution in [1.29, 1.82) is 0 Å². The van der Waals surface area contributed by atoms with Gasteiger partial charge in [-0.3, -0.25) is 4.68 Å². The van der Waals surface area contributed by atoms with Gasteiger partial charge in [0, 0.05) is 7.05 Å². The number of hydrogen-bond acceptors (Lipinski definition) is 4. The monoisotopic (exact) mass is 252 g/mol. The van der Waals surface area contributed by atoms with Gasteiger partial charge < -0.3 is 16.2 Å². The maximum absolute atomic E-state index is 9.99. The van der Waals surface area contributed by atoms with Crippen LogP contribution in [0.5, 0.6) is 0 Å². The molecule has 5 heteroatoms.